The highest BCUT2D eigenvalue weighted by atomic mass is 35.6. The van der Waals surface area contributed by atoms with Gasteiger partial charge in [-0.25, -0.2) is 0 Å². The molecular weight excluding hydrogens is 405 g/mol. The first-order valence-corrected chi connectivity index (χ1v) is 8.85. The van der Waals surface area contributed by atoms with Crippen LogP contribution in [0.2, 0.25) is 0 Å². The maximum atomic E-state index is 13.5. The summed E-state index contributed by atoms with van der Waals surface area (Å²) in [5.74, 6) is -2.44. The first-order valence-electron chi connectivity index (χ1n) is 6.58. The van der Waals surface area contributed by atoms with Crippen LogP contribution in [0.1, 0.15) is 26.2 Å². The quantitative estimate of drug-likeness (QED) is 0.445. The third-order valence-corrected chi connectivity index (χ3v) is 6.55. The van der Waals surface area contributed by atoms with E-state index in [1.807, 2.05) is 0 Å². The third-order valence-electron chi connectivity index (χ3n) is 5.08. The normalized spacial score (nSPS) is 50.3. The number of fused-ring (bicyclic) bond motifs is 3. The molecule has 1 saturated carbocycles. The monoisotopic (exact) mass is 415 g/mol. The molecule has 0 aromatic rings. The molecule has 0 aromatic carbocycles. The molecule has 3 aliphatic rings. The Morgan fingerprint density at radius 2 is 1.71 bits per heavy atom. The number of rotatable bonds is 0. The number of epoxide rings is 1. The highest BCUT2D eigenvalue weighted by Gasteiger charge is 2.71. The highest BCUT2D eigenvalue weighted by Crippen LogP contribution is 2.66. The lowest BCUT2D eigenvalue weighted by Crippen LogP contribution is -2.75. The van der Waals surface area contributed by atoms with Gasteiger partial charge in [-0.15, -0.1) is 0 Å². The molecule has 6 atom stereocenters. The molecule has 9 heteroatoms. The minimum atomic E-state index is -2.35. The fourth-order valence-corrected chi connectivity index (χ4v) is 4.96. The van der Waals surface area contributed by atoms with Gasteiger partial charge in [-0.2, -0.15) is 0 Å². The lowest BCUT2D eigenvalue weighted by atomic mass is 9.59. The van der Waals surface area contributed by atoms with E-state index in [1.54, 1.807) is 6.92 Å². The molecule has 0 aromatic heterocycles. The van der Waals surface area contributed by atoms with Crippen molar-refractivity contribution in [1.29, 1.82) is 0 Å². The molecule has 21 heavy (non-hydrogen) atoms. The van der Waals surface area contributed by atoms with Gasteiger partial charge < -0.3 is 14.6 Å². The van der Waals surface area contributed by atoms with E-state index in [4.69, 9.17) is 79.1 Å². The van der Waals surface area contributed by atoms with Crippen LogP contribution in [0.15, 0.2) is 0 Å². The van der Waals surface area contributed by atoms with Gasteiger partial charge in [0.25, 0.3) is 0 Å². The topological polar surface area (TPSA) is 44.8 Å². The number of alkyl halides is 6. The van der Waals surface area contributed by atoms with E-state index in [9.17, 15) is 5.11 Å². The highest BCUT2D eigenvalue weighted by molar-refractivity contribution is 6.69. The Kier molecular flexibility index (Phi) is 4.20. The fraction of sp³-hybridized carbons (Fsp3) is 1.00. The van der Waals surface area contributed by atoms with E-state index in [0.29, 0.717) is 6.42 Å². The van der Waals surface area contributed by atoms with E-state index in [1.165, 1.54) is 0 Å². The molecule has 2 heterocycles. The summed E-state index contributed by atoms with van der Waals surface area (Å²) in [5.41, 5.74) is -0.979. The first kappa shape index (κ1) is 17.4. The molecule has 3 fully saturated rings. The maximum absolute atomic E-state index is 13.5. The van der Waals surface area contributed by atoms with Crippen molar-refractivity contribution >= 4 is 69.6 Å². The van der Waals surface area contributed by atoms with Gasteiger partial charge in [-0.1, -0.05) is 76.5 Å². The number of hydrogen-bond acceptors (Lipinski definition) is 3. The summed E-state index contributed by atoms with van der Waals surface area (Å²) in [6.07, 6.45) is 0.852. The number of halogens is 6. The molecule has 0 unspecified atom stereocenters. The summed E-state index contributed by atoms with van der Waals surface area (Å²) in [6.45, 7) is 1.75. The van der Waals surface area contributed by atoms with Crippen molar-refractivity contribution < 1.29 is 14.6 Å². The molecular formula is C12H13Cl6O3-. The van der Waals surface area contributed by atoms with Crippen LogP contribution in [0.4, 0.5) is 0 Å². The van der Waals surface area contributed by atoms with E-state index >= 15 is 0 Å². The summed E-state index contributed by atoms with van der Waals surface area (Å²) in [6, 6.07) is 0. The molecule has 0 spiro atoms. The minimum Gasteiger partial charge on any atom is -0.825 e. The summed E-state index contributed by atoms with van der Waals surface area (Å²) >= 11 is 35.7. The van der Waals surface area contributed by atoms with Crippen molar-refractivity contribution in [2.24, 2.45) is 11.3 Å². The molecule has 2 aliphatic heterocycles. The van der Waals surface area contributed by atoms with E-state index in [-0.39, 0.29) is 18.1 Å². The second-order valence-electron chi connectivity index (χ2n) is 6.15. The number of hydrogen-bond donors (Lipinski definition) is 0. The Morgan fingerprint density at radius 3 is 2.24 bits per heavy atom. The van der Waals surface area contributed by atoms with Crippen molar-refractivity contribution in [2.75, 3.05) is 0 Å². The largest absolute Gasteiger partial charge is 0.825 e. The van der Waals surface area contributed by atoms with Gasteiger partial charge in [0.15, 0.2) is 0 Å². The Morgan fingerprint density at radius 1 is 1.10 bits per heavy atom. The smallest absolute Gasteiger partial charge is 0.216 e. The van der Waals surface area contributed by atoms with Crippen LogP contribution in [0, 0.1) is 11.3 Å². The lowest BCUT2D eigenvalue weighted by Gasteiger charge is -2.65. The first-order chi connectivity index (χ1) is 9.41. The lowest BCUT2D eigenvalue weighted by molar-refractivity contribution is -0.603. The molecule has 0 bridgehead atoms. The van der Waals surface area contributed by atoms with E-state index in [0.717, 1.165) is 12.8 Å². The zero-order valence-electron chi connectivity index (χ0n) is 10.9. The van der Waals surface area contributed by atoms with Crippen LogP contribution in [-0.4, -0.2) is 31.7 Å². The zero-order valence-corrected chi connectivity index (χ0v) is 15.5. The van der Waals surface area contributed by atoms with E-state index in [2.05, 4.69) is 0 Å². The van der Waals surface area contributed by atoms with Crippen LogP contribution in [0.5, 0.6) is 0 Å². The predicted molar refractivity (Wildman–Crippen MR) is 82.3 cm³/mol. The average molecular weight is 418 g/mol. The van der Waals surface area contributed by atoms with Gasteiger partial charge in [0.2, 0.25) is 7.59 Å². The Balaban J connectivity index is 2.04. The van der Waals surface area contributed by atoms with Gasteiger partial charge in [-0.05, 0) is 25.2 Å². The van der Waals surface area contributed by atoms with Crippen molar-refractivity contribution in [3.8, 4) is 0 Å². The van der Waals surface area contributed by atoms with Gasteiger partial charge in [0.1, 0.15) is 6.10 Å². The van der Waals surface area contributed by atoms with E-state index < -0.39 is 24.9 Å². The Hall–Kier alpha value is 1.62. The molecule has 2 saturated heterocycles. The predicted octanol–water partition coefficient (Wildman–Crippen LogP) is 3.76. The second kappa shape index (κ2) is 5.06. The van der Waals surface area contributed by atoms with Crippen LogP contribution in [0.25, 0.3) is 0 Å². The summed E-state index contributed by atoms with van der Waals surface area (Å²) < 4.78 is 7.19. The fourth-order valence-electron chi connectivity index (χ4n) is 3.81. The molecule has 3 nitrogen and oxygen atoms in total. The molecule has 3 rings (SSSR count). The zero-order chi connectivity index (χ0) is 15.8. The van der Waals surface area contributed by atoms with Crippen molar-refractivity contribution in [3.63, 3.8) is 0 Å². The minimum absolute atomic E-state index is 0.0276. The van der Waals surface area contributed by atoms with Gasteiger partial charge in [0.05, 0.1) is 18.0 Å². The van der Waals surface area contributed by atoms with Crippen molar-refractivity contribution in [2.45, 2.75) is 57.9 Å². The molecule has 0 N–H and O–H groups in total. The van der Waals surface area contributed by atoms with Crippen LogP contribution in [0.3, 0.4) is 0 Å². The van der Waals surface area contributed by atoms with Gasteiger partial charge in [0, 0.05) is 5.41 Å². The van der Waals surface area contributed by atoms with Crippen LogP contribution in [-0.2, 0) is 9.47 Å². The standard InChI is InChI=1S/C12H13Cl6O3/c1-9-5(2-3-6-8(9)20-6)4-7(10(13,14)15)21-11(9,19)12(16,17)18/h5-8H,2-4H2,1H3/q-1/t5-,6-,7+,8-,9-,11+/m0/s1. The molecule has 122 valence electrons. The maximum Gasteiger partial charge on any atom is 0.216 e. The Labute approximate surface area is 153 Å². The Bertz CT molecular complexity index is 449. The van der Waals surface area contributed by atoms with Crippen molar-refractivity contribution in [1.82, 2.24) is 0 Å². The van der Waals surface area contributed by atoms with Crippen molar-refractivity contribution in [3.05, 3.63) is 0 Å². The number of ether oxygens (including phenoxy) is 2. The van der Waals surface area contributed by atoms with Crippen LogP contribution < -0.4 is 5.11 Å². The van der Waals surface area contributed by atoms with Gasteiger partial charge in [-0.3, -0.25) is 0 Å². The molecule has 0 amide bonds. The van der Waals surface area contributed by atoms with Crippen LogP contribution >= 0.6 is 69.6 Å². The SMILES string of the molecule is C[C@]12[C@@H](CC[C@@H]3O[C@@H]31)C[C@H](C(Cl)(Cl)Cl)O[C@@]2([O-])C(Cl)(Cl)Cl. The second-order valence-corrected chi connectivity index (χ2v) is 10.8. The van der Waals surface area contributed by atoms with Gasteiger partial charge >= 0.3 is 0 Å². The molecule has 0 radical (unpaired) electrons. The third kappa shape index (κ3) is 2.51. The summed E-state index contributed by atoms with van der Waals surface area (Å²) in [7, 11) is 0. The summed E-state index contributed by atoms with van der Waals surface area (Å²) in [5, 5.41) is 13.5. The summed E-state index contributed by atoms with van der Waals surface area (Å²) in [4.78, 5) is 0. The molecule has 1 aliphatic carbocycles. The average Bonchev–Trinajstić information content (AvgIpc) is 3.08.